The van der Waals surface area contributed by atoms with Crippen molar-refractivity contribution < 1.29 is 57.4 Å². The number of hydrogen-bond acceptors (Lipinski definition) is 1. The third-order valence-corrected chi connectivity index (χ3v) is 6.65. The number of hydrogen-bond donors (Lipinski definition) is 0. The number of rotatable bonds is 8. The van der Waals surface area contributed by atoms with E-state index in [9.17, 15) is 52.7 Å². The third kappa shape index (κ3) is 7.61. The molecule has 4 rings (SSSR count). The van der Waals surface area contributed by atoms with Crippen LogP contribution < -0.4 is 4.74 Å². The molecule has 0 unspecified atom stereocenters. The van der Waals surface area contributed by atoms with Gasteiger partial charge in [-0.3, -0.25) is 0 Å². The van der Waals surface area contributed by atoms with E-state index in [-0.39, 0.29) is 24.1 Å². The molecule has 0 aliphatic heterocycles. The zero-order valence-corrected chi connectivity index (χ0v) is 23.5. The molecule has 0 saturated carbocycles. The zero-order valence-electron chi connectivity index (χ0n) is 23.5. The topological polar surface area (TPSA) is 9.23 Å². The van der Waals surface area contributed by atoms with Crippen molar-refractivity contribution in [3.05, 3.63) is 123 Å². The predicted octanol–water partition coefficient (Wildman–Crippen LogP) is 10.6. The predicted molar refractivity (Wildman–Crippen MR) is 143 cm³/mol. The molecule has 0 aromatic heterocycles. The summed E-state index contributed by atoms with van der Waals surface area (Å²) in [6, 6.07) is 5.03. The summed E-state index contributed by atoms with van der Waals surface area (Å²) in [5.74, 6) is -8.33. The third-order valence-electron chi connectivity index (χ3n) is 6.65. The lowest BCUT2D eigenvalue weighted by Gasteiger charge is -2.20. The number of halogens is 12. The summed E-state index contributed by atoms with van der Waals surface area (Å²) >= 11 is 0. The highest BCUT2D eigenvalue weighted by molar-refractivity contribution is 5.67. The molecule has 242 valence electrons. The van der Waals surface area contributed by atoms with Crippen LogP contribution >= 0.6 is 0 Å². The number of alkyl halides is 5. The number of benzene rings is 4. The van der Waals surface area contributed by atoms with Crippen LogP contribution in [0, 0.1) is 52.6 Å². The first-order valence-corrected chi connectivity index (χ1v) is 13.4. The van der Waals surface area contributed by atoms with E-state index in [2.05, 4.69) is 16.6 Å². The largest absolute Gasteiger partial charge is 0.432 e. The average molecular weight is 660 g/mol. The summed E-state index contributed by atoms with van der Waals surface area (Å²) in [4.78, 5) is 0. The van der Waals surface area contributed by atoms with Crippen molar-refractivity contribution >= 4 is 0 Å². The summed E-state index contributed by atoms with van der Waals surface area (Å²) in [5, 5.41) is 0. The molecule has 4 aromatic rings. The maximum atomic E-state index is 14.9. The molecule has 0 fully saturated rings. The van der Waals surface area contributed by atoms with Crippen LogP contribution in [0.3, 0.4) is 0 Å². The molecule has 0 spiro atoms. The monoisotopic (exact) mass is 660 g/mol. The Labute approximate surface area is 254 Å². The molecule has 0 bridgehead atoms. The Balaban J connectivity index is 1.58. The molecular formula is C33H20F12O. The van der Waals surface area contributed by atoms with Gasteiger partial charge in [-0.2, -0.15) is 22.0 Å². The first kappa shape index (κ1) is 34.3. The van der Waals surface area contributed by atoms with Gasteiger partial charge in [0.1, 0.15) is 57.6 Å². The SMILES string of the molecule is CCCCCc1cc(F)c(C(F)(F)Oc2cc(F)c(-c3ccc(C#Cc4cc(F)c(C(F)(F)F)c(F)c4)c(F)c3)c(F)c2)c(F)c1. The normalized spacial score (nSPS) is 11.8. The van der Waals surface area contributed by atoms with Crippen LogP contribution in [0.25, 0.3) is 11.1 Å². The maximum absolute atomic E-state index is 14.9. The molecule has 0 radical (unpaired) electrons. The van der Waals surface area contributed by atoms with Crippen molar-refractivity contribution in [2.24, 2.45) is 0 Å². The minimum atomic E-state index is -5.31. The quantitative estimate of drug-likeness (QED) is 0.104. The zero-order chi connectivity index (χ0) is 34.0. The molecule has 1 nitrogen and oxygen atoms in total. The van der Waals surface area contributed by atoms with Crippen LogP contribution in [0.5, 0.6) is 5.75 Å². The second kappa shape index (κ2) is 13.4. The fourth-order valence-electron chi connectivity index (χ4n) is 4.54. The molecular weight excluding hydrogens is 640 g/mol. The van der Waals surface area contributed by atoms with Crippen molar-refractivity contribution in [1.29, 1.82) is 0 Å². The van der Waals surface area contributed by atoms with Crippen molar-refractivity contribution in [3.63, 3.8) is 0 Å². The number of ether oxygens (including phenoxy) is 1. The van der Waals surface area contributed by atoms with Gasteiger partial charge in [-0.05, 0) is 60.4 Å². The van der Waals surface area contributed by atoms with Gasteiger partial charge in [0.25, 0.3) is 0 Å². The number of unbranched alkanes of at least 4 members (excludes halogenated alkanes) is 2. The van der Waals surface area contributed by atoms with Gasteiger partial charge >= 0.3 is 12.3 Å². The Morgan fingerprint density at radius 1 is 0.609 bits per heavy atom. The fraction of sp³-hybridized carbons (Fsp3) is 0.212. The van der Waals surface area contributed by atoms with Crippen molar-refractivity contribution in [3.8, 4) is 28.7 Å². The van der Waals surface area contributed by atoms with Crippen molar-refractivity contribution in [2.75, 3.05) is 0 Å². The summed E-state index contributed by atoms with van der Waals surface area (Å²) in [6.07, 6.45) is -7.64. The summed E-state index contributed by atoms with van der Waals surface area (Å²) in [6.45, 7) is 1.90. The van der Waals surface area contributed by atoms with Gasteiger partial charge < -0.3 is 4.74 Å². The van der Waals surface area contributed by atoms with Gasteiger partial charge in [0.05, 0.1) is 11.1 Å². The van der Waals surface area contributed by atoms with E-state index < -0.39 is 92.1 Å². The molecule has 0 aliphatic carbocycles. The Kier molecular flexibility index (Phi) is 9.99. The van der Waals surface area contributed by atoms with E-state index in [1.54, 1.807) is 0 Å². The molecule has 0 atom stereocenters. The maximum Gasteiger partial charge on any atom is 0.432 e. The van der Waals surface area contributed by atoms with Crippen LogP contribution in [-0.2, 0) is 18.7 Å². The van der Waals surface area contributed by atoms with E-state index in [0.717, 1.165) is 37.1 Å². The molecule has 0 amide bonds. The second-order valence-corrected chi connectivity index (χ2v) is 10.0. The van der Waals surface area contributed by atoms with E-state index in [0.29, 0.717) is 24.6 Å². The lowest BCUT2D eigenvalue weighted by molar-refractivity contribution is -0.189. The summed E-state index contributed by atoms with van der Waals surface area (Å²) < 4.78 is 173. The highest BCUT2D eigenvalue weighted by atomic mass is 19.4. The van der Waals surface area contributed by atoms with Crippen LogP contribution in [0.4, 0.5) is 52.7 Å². The van der Waals surface area contributed by atoms with Crippen molar-refractivity contribution in [1.82, 2.24) is 0 Å². The molecule has 46 heavy (non-hydrogen) atoms. The van der Waals surface area contributed by atoms with E-state index in [1.807, 2.05) is 6.92 Å². The lowest BCUT2D eigenvalue weighted by Crippen LogP contribution is -2.25. The lowest BCUT2D eigenvalue weighted by atomic mass is 10.0. The van der Waals surface area contributed by atoms with E-state index in [4.69, 9.17) is 0 Å². The Hall–Kier alpha value is -4.60. The van der Waals surface area contributed by atoms with Gasteiger partial charge in [0.2, 0.25) is 0 Å². The van der Waals surface area contributed by atoms with Crippen LogP contribution in [-0.4, -0.2) is 0 Å². The molecule has 4 aromatic carbocycles. The van der Waals surface area contributed by atoms with Crippen LogP contribution in [0.1, 0.15) is 54.0 Å². The van der Waals surface area contributed by atoms with E-state index >= 15 is 0 Å². The highest BCUT2D eigenvalue weighted by Gasteiger charge is 2.41. The Bertz CT molecular complexity index is 1760. The Morgan fingerprint density at radius 2 is 1.17 bits per heavy atom. The fourth-order valence-corrected chi connectivity index (χ4v) is 4.54. The molecule has 0 heterocycles. The average Bonchev–Trinajstić information content (AvgIpc) is 2.90. The van der Waals surface area contributed by atoms with Crippen LogP contribution in [0.2, 0.25) is 0 Å². The first-order valence-electron chi connectivity index (χ1n) is 13.4. The van der Waals surface area contributed by atoms with Crippen molar-refractivity contribution in [2.45, 2.75) is 44.9 Å². The standard InChI is InChI=1S/C33H20F12O/c1-2-3-4-5-17-10-27(39)31(28(40)11-17)33(44,45)46-21-15-23(35)29(24(36)16-21)20-9-8-19(22(34)14-20)7-6-18-12-25(37)30(26(38)13-18)32(41,42)43/h8-16H,2-5H2,1H3. The minimum Gasteiger partial charge on any atom is -0.429 e. The Morgan fingerprint density at radius 3 is 1.70 bits per heavy atom. The number of aryl methyl sites for hydroxylation is 1. The molecule has 0 aliphatic rings. The van der Waals surface area contributed by atoms with Gasteiger partial charge in [-0.25, -0.2) is 30.7 Å². The van der Waals surface area contributed by atoms with Crippen LogP contribution in [0.15, 0.2) is 54.6 Å². The minimum absolute atomic E-state index is 0.135. The highest BCUT2D eigenvalue weighted by Crippen LogP contribution is 2.38. The van der Waals surface area contributed by atoms with E-state index in [1.165, 1.54) is 0 Å². The van der Waals surface area contributed by atoms with Gasteiger partial charge in [0.15, 0.2) is 0 Å². The molecule has 0 N–H and O–H groups in total. The molecule has 0 saturated heterocycles. The smallest absolute Gasteiger partial charge is 0.429 e. The first-order chi connectivity index (χ1) is 21.5. The van der Waals surface area contributed by atoms with Gasteiger partial charge in [0, 0.05) is 17.7 Å². The summed E-state index contributed by atoms with van der Waals surface area (Å²) in [5.41, 5.74) is -6.19. The van der Waals surface area contributed by atoms with Gasteiger partial charge in [-0.1, -0.05) is 37.7 Å². The second-order valence-electron chi connectivity index (χ2n) is 10.0. The van der Waals surface area contributed by atoms with Gasteiger partial charge in [-0.15, -0.1) is 0 Å². The molecule has 13 heteroatoms. The summed E-state index contributed by atoms with van der Waals surface area (Å²) in [7, 11) is 0.